The molecule has 6 heterocycles. The van der Waals surface area contributed by atoms with Crippen LogP contribution in [-0.4, -0.2) is 62.9 Å². The van der Waals surface area contributed by atoms with Gasteiger partial charge in [0.15, 0.2) is 22.8 Å². The minimum atomic E-state index is -0.415. The van der Waals surface area contributed by atoms with Crippen LogP contribution in [0, 0.1) is 0 Å². The number of aromatic nitrogens is 5. The van der Waals surface area contributed by atoms with Gasteiger partial charge in [-0.25, -0.2) is 24.9 Å². The summed E-state index contributed by atoms with van der Waals surface area (Å²) < 4.78 is 22.0. The van der Waals surface area contributed by atoms with Crippen LogP contribution < -0.4 is 16.0 Å². The van der Waals surface area contributed by atoms with Gasteiger partial charge in [0.25, 0.3) is 11.8 Å². The Kier molecular flexibility index (Phi) is 6.15. The summed E-state index contributed by atoms with van der Waals surface area (Å²) in [6, 6.07) is 3.10. The summed E-state index contributed by atoms with van der Waals surface area (Å²) in [6.45, 7) is 1.60. The number of carbonyl (C=O) groups is 2. The number of amides is 2. The Balaban J connectivity index is 1.34. The molecule has 0 aromatic carbocycles. The molecule has 10 bridgehead atoms. The van der Waals surface area contributed by atoms with E-state index in [4.69, 9.17) is 29.3 Å². The maximum absolute atomic E-state index is 12.4. The summed E-state index contributed by atoms with van der Waals surface area (Å²) in [6.07, 6.45) is 5.12. The number of pyridine rings is 1. The fourth-order valence-electron chi connectivity index (χ4n) is 3.52. The topological polar surface area (TPSA) is 187 Å². The molecule has 0 unspecified atom stereocenters. The van der Waals surface area contributed by atoms with Crippen LogP contribution in [0.5, 0.6) is 0 Å². The first kappa shape index (κ1) is 23.6. The third-order valence-corrected chi connectivity index (χ3v) is 5.54. The predicted molar refractivity (Wildman–Crippen MR) is 129 cm³/mol. The van der Waals surface area contributed by atoms with Crippen molar-refractivity contribution in [3.8, 4) is 46.3 Å². The smallest absolute Gasteiger partial charge is 0.273 e. The average Bonchev–Trinajstić information content (AvgIpc) is 3.72. The van der Waals surface area contributed by atoms with Crippen molar-refractivity contribution in [2.45, 2.75) is 0 Å². The standard InChI is InChI=1S/C23H17ClN8O6/c24-11-5-12-20-31-16(9-37-20)22-29-14(7-35-22)18(33)26-3-1-25-2-4-27-19(34)15-8-36-23(30-15)17-10-38-21(32-17)13(6-11)28-12/h5-10,25H,1-4H2,(H,26,33)(H,27,34). The maximum Gasteiger partial charge on any atom is 0.273 e. The summed E-state index contributed by atoms with van der Waals surface area (Å²) in [4.78, 5) is 46.4. The van der Waals surface area contributed by atoms with Gasteiger partial charge in [-0.05, 0) is 12.1 Å². The number of nitrogens with zero attached hydrogens (tertiary/aromatic N) is 5. The molecule has 0 fully saturated rings. The lowest BCUT2D eigenvalue weighted by atomic mass is 10.3. The van der Waals surface area contributed by atoms with E-state index in [9.17, 15) is 9.59 Å². The highest BCUT2D eigenvalue weighted by molar-refractivity contribution is 6.31. The molecule has 2 amide bonds. The molecule has 38 heavy (non-hydrogen) atoms. The molecule has 14 nitrogen and oxygen atoms in total. The number of halogens is 1. The summed E-state index contributed by atoms with van der Waals surface area (Å²) in [5, 5.41) is 8.90. The molecule has 0 aliphatic carbocycles. The first-order chi connectivity index (χ1) is 18.5. The zero-order valence-corrected chi connectivity index (χ0v) is 20.1. The number of hydrogen-bond acceptors (Lipinski definition) is 12. The Morgan fingerprint density at radius 3 is 1.42 bits per heavy atom. The van der Waals surface area contributed by atoms with Crippen LogP contribution in [0.25, 0.3) is 46.3 Å². The second-order valence-electron chi connectivity index (χ2n) is 7.97. The van der Waals surface area contributed by atoms with Crippen LogP contribution >= 0.6 is 11.6 Å². The molecule has 6 rings (SSSR count). The summed E-state index contributed by atoms with van der Waals surface area (Å²) in [5.74, 6) is -0.382. The van der Waals surface area contributed by atoms with Gasteiger partial charge >= 0.3 is 0 Å². The van der Waals surface area contributed by atoms with Crippen LogP contribution in [0.1, 0.15) is 21.0 Å². The minimum Gasteiger partial charge on any atom is -0.442 e. The van der Waals surface area contributed by atoms with Crippen molar-refractivity contribution in [3.05, 3.63) is 53.6 Å². The molecule has 3 N–H and O–H groups in total. The van der Waals surface area contributed by atoms with Gasteiger partial charge in [-0.1, -0.05) is 11.6 Å². The number of rotatable bonds is 0. The highest BCUT2D eigenvalue weighted by Gasteiger charge is 2.21. The molecule has 0 spiro atoms. The Bertz CT molecular complexity index is 1520. The highest BCUT2D eigenvalue weighted by Crippen LogP contribution is 2.30. The molecule has 0 saturated carbocycles. The van der Waals surface area contributed by atoms with Crippen molar-refractivity contribution < 1.29 is 27.3 Å². The third kappa shape index (κ3) is 4.77. The quantitative estimate of drug-likeness (QED) is 0.262. The minimum absolute atomic E-state index is 0.0844. The average molecular weight is 537 g/mol. The van der Waals surface area contributed by atoms with E-state index in [1.807, 2.05) is 0 Å². The second-order valence-corrected chi connectivity index (χ2v) is 8.41. The number of fused-ring (bicyclic) bond motifs is 14. The molecule has 0 saturated heterocycles. The van der Waals surface area contributed by atoms with Gasteiger partial charge in [-0.2, -0.15) is 0 Å². The number of oxazole rings is 4. The van der Waals surface area contributed by atoms with Gasteiger partial charge in [0.1, 0.15) is 36.4 Å². The van der Waals surface area contributed by atoms with Crippen LogP contribution in [0.2, 0.25) is 5.02 Å². The van der Waals surface area contributed by atoms with Gasteiger partial charge in [0.05, 0.1) is 0 Å². The molecule has 1 aliphatic heterocycles. The van der Waals surface area contributed by atoms with Gasteiger partial charge in [-0.3, -0.25) is 9.59 Å². The molecule has 5 aromatic heterocycles. The summed E-state index contributed by atoms with van der Waals surface area (Å²) >= 11 is 6.32. The van der Waals surface area contributed by atoms with E-state index in [-0.39, 0.29) is 46.3 Å². The van der Waals surface area contributed by atoms with E-state index >= 15 is 0 Å². The lowest BCUT2D eigenvalue weighted by Gasteiger charge is -2.06. The van der Waals surface area contributed by atoms with Crippen LogP contribution in [-0.2, 0) is 0 Å². The fourth-order valence-corrected chi connectivity index (χ4v) is 3.73. The molecule has 192 valence electrons. The fraction of sp³-hybridized carbons (Fsp3) is 0.174. The van der Waals surface area contributed by atoms with Crippen molar-refractivity contribution in [2.24, 2.45) is 0 Å². The summed E-state index contributed by atoms with van der Waals surface area (Å²) in [7, 11) is 0. The zero-order valence-electron chi connectivity index (χ0n) is 19.4. The van der Waals surface area contributed by atoms with Gasteiger partial charge in [0.2, 0.25) is 23.6 Å². The number of hydrogen-bond donors (Lipinski definition) is 3. The lowest BCUT2D eigenvalue weighted by molar-refractivity contribution is 0.0943. The normalized spacial score (nSPS) is 14.4. The Labute approximate surface area is 217 Å². The second kappa shape index (κ2) is 9.91. The number of carbonyl (C=O) groups excluding carboxylic acids is 2. The summed E-state index contributed by atoms with van der Waals surface area (Å²) in [5.41, 5.74) is 1.28. The number of nitrogens with one attached hydrogen (secondary N) is 3. The SMILES string of the molecule is O=C1NCCNCCNC(=O)c2coc(n2)-c2coc(n2)-c2cc(Cl)cc(n2)-c2nc(co2)-c2nc1co2. The predicted octanol–water partition coefficient (Wildman–Crippen LogP) is 2.42. The van der Waals surface area contributed by atoms with Crippen molar-refractivity contribution in [1.82, 2.24) is 40.9 Å². The highest BCUT2D eigenvalue weighted by atomic mass is 35.5. The molecule has 0 radical (unpaired) electrons. The van der Waals surface area contributed by atoms with Crippen LogP contribution in [0.15, 0.2) is 54.9 Å². The zero-order chi connectivity index (χ0) is 26.1. The first-order valence-corrected chi connectivity index (χ1v) is 11.7. The van der Waals surface area contributed by atoms with Crippen LogP contribution in [0.3, 0.4) is 0 Å². The Hall–Kier alpha value is -4.82. The van der Waals surface area contributed by atoms with Crippen molar-refractivity contribution in [1.29, 1.82) is 0 Å². The van der Waals surface area contributed by atoms with E-state index in [0.717, 1.165) is 0 Å². The molecular formula is C23H17ClN8O6. The Morgan fingerprint density at radius 2 is 0.947 bits per heavy atom. The monoisotopic (exact) mass is 536 g/mol. The van der Waals surface area contributed by atoms with E-state index in [1.165, 1.54) is 25.1 Å². The van der Waals surface area contributed by atoms with Gasteiger partial charge in [0, 0.05) is 31.2 Å². The molecular weight excluding hydrogens is 520 g/mol. The molecule has 1 aliphatic rings. The van der Waals surface area contributed by atoms with Gasteiger partial charge in [-0.15, -0.1) is 0 Å². The molecule has 0 atom stereocenters. The lowest BCUT2D eigenvalue weighted by Crippen LogP contribution is -2.36. The molecule has 5 aromatic rings. The Morgan fingerprint density at radius 1 is 0.553 bits per heavy atom. The van der Waals surface area contributed by atoms with E-state index in [1.54, 1.807) is 12.1 Å². The van der Waals surface area contributed by atoms with Crippen molar-refractivity contribution >= 4 is 23.4 Å². The molecule has 15 heteroatoms. The maximum atomic E-state index is 12.4. The van der Waals surface area contributed by atoms with Crippen molar-refractivity contribution in [2.75, 3.05) is 26.2 Å². The third-order valence-electron chi connectivity index (χ3n) is 5.32. The van der Waals surface area contributed by atoms with E-state index in [2.05, 4.69) is 40.9 Å². The van der Waals surface area contributed by atoms with E-state index in [0.29, 0.717) is 42.6 Å². The first-order valence-electron chi connectivity index (χ1n) is 11.3. The van der Waals surface area contributed by atoms with Crippen LogP contribution in [0.4, 0.5) is 0 Å². The largest absolute Gasteiger partial charge is 0.442 e. The van der Waals surface area contributed by atoms with Crippen molar-refractivity contribution in [3.63, 3.8) is 0 Å². The van der Waals surface area contributed by atoms with Gasteiger partial charge < -0.3 is 33.6 Å². The van der Waals surface area contributed by atoms with E-state index < -0.39 is 11.8 Å².